The van der Waals surface area contributed by atoms with Crippen LogP contribution in [0.5, 0.6) is 0 Å². The van der Waals surface area contributed by atoms with E-state index in [2.05, 4.69) is 34.5 Å². The van der Waals surface area contributed by atoms with E-state index in [4.69, 9.17) is 4.52 Å². The molecule has 0 bridgehead atoms. The molecule has 1 heterocycles. The zero-order valence-corrected chi connectivity index (χ0v) is 15.0. The van der Waals surface area contributed by atoms with Crippen LogP contribution in [-0.4, -0.2) is 24.3 Å². The molecule has 0 radical (unpaired) electrons. The van der Waals surface area contributed by atoms with Gasteiger partial charge in [0.2, 0.25) is 0 Å². The van der Waals surface area contributed by atoms with E-state index in [-0.39, 0.29) is 11.4 Å². The number of carbonyl (C=O) groups excluding carboxylic acids is 1. The molecule has 24 heavy (non-hydrogen) atoms. The lowest BCUT2D eigenvalue weighted by Gasteiger charge is -2.21. The van der Waals surface area contributed by atoms with Gasteiger partial charge in [0.25, 0.3) is 0 Å². The topological polar surface area (TPSA) is 70.4 Å². The molecule has 0 unspecified atom stereocenters. The van der Waals surface area contributed by atoms with Crippen molar-refractivity contribution >= 4 is 23.2 Å². The maximum absolute atomic E-state index is 12.1. The normalized spacial score (nSPS) is 11.2. The van der Waals surface area contributed by atoms with E-state index >= 15 is 0 Å². The van der Waals surface area contributed by atoms with Gasteiger partial charge < -0.3 is 14.7 Å². The number of benzene rings is 1. The molecule has 0 aliphatic rings. The van der Waals surface area contributed by atoms with Crippen molar-refractivity contribution < 1.29 is 9.32 Å². The molecule has 2 N–H and O–H groups in total. The van der Waals surface area contributed by atoms with Crippen molar-refractivity contribution in [2.24, 2.45) is 0 Å². The highest BCUT2D eigenvalue weighted by molar-refractivity contribution is 5.99. The largest absolute Gasteiger partial charge is 0.372 e. The standard InChI is InChI=1S/C18H26N4O2/c1-6-22(7-2)14-10-8-13(9-11-14)19-17(23)20-16-12-15(24-21-16)18(3,4)5/h8-12H,6-7H2,1-5H3,(H2,19,20,21,23). The van der Waals surface area contributed by atoms with Crippen molar-refractivity contribution in [3.05, 3.63) is 36.1 Å². The van der Waals surface area contributed by atoms with Gasteiger partial charge in [-0.15, -0.1) is 0 Å². The fourth-order valence-electron chi connectivity index (χ4n) is 2.31. The first-order valence-corrected chi connectivity index (χ1v) is 8.23. The molecule has 0 spiro atoms. The maximum Gasteiger partial charge on any atom is 0.324 e. The van der Waals surface area contributed by atoms with Gasteiger partial charge in [0, 0.05) is 35.9 Å². The van der Waals surface area contributed by atoms with Crippen molar-refractivity contribution in [3.8, 4) is 0 Å². The van der Waals surface area contributed by atoms with Crippen molar-refractivity contribution in [3.63, 3.8) is 0 Å². The summed E-state index contributed by atoms with van der Waals surface area (Å²) in [4.78, 5) is 14.3. The molecule has 1 aromatic heterocycles. The van der Waals surface area contributed by atoms with Gasteiger partial charge >= 0.3 is 6.03 Å². The second kappa shape index (κ2) is 7.38. The van der Waals surface area contributed by atoms with Crippen LogP contribution in [0.25, 0.3) is 0 Å². The summed E-state index contributed by atoms with van der Waals surface area (Å²) in [6, 6.07) is 9.16. The van der Waals surface area contributed by atoms with E-state index in [9.17, 15) is 4.79 Å². The first-order chi connectivity index (χ1) is 11.3. The third-order valence-corrected chi connectivity index (χ3v) is 3.74. The zero-order chi connectivity index (χ0) is 17.7. The van der Waals surface area contributed by atoms with Crippen LogP contribution in [0.2, 0.25) is 0 Å². The lowest BCUT2D eigenvalue weighted by Crippen LogP contribution is -2.22. The summed E-state index contributed by atoms with van der Waals surface area (Å²) in [5, 5.41) is 9.34. The average Bonchev–Trinajstić information content (AvgIpc) is 2.98. The third kappa shape index (κ3) is 4.50. The number of hydrogen-bond donors (Lipinski definition) is 2. The van der Waals surface area contributed by atoms with Gasteiger partial charge in [0.1, 0.15) is 5.76 Å². The van der Waals surface area contributed by atoms with Gasteiger partial charge in [0.15, 0.2) is 5.82 Å². The molecular formula is C18H26N4O2. The number of urea groups is 1. The predicted molar refractivity (Wildman–Crippen MR) is 97.8 cm³/mol. The molecule has 0 saturated carbocycles. The number of hydrogen-bond acceptors (Lipinski definition) is 4. The Morgan fingerprint density at radius 1 is 1.12 bits per heavy atom. The van der Waals surface area contributed by atoms with E-state index in [1.807, 2.05) is 45.0 Å². The molecule has 6 heteroatoms. The summed E-state index contributed by atoms with van der Waals surface area (Å²) in [7, 11) is 0. The molecule has 2 aromatic rings. The minimum absolute atomic E-state index is 0.149. The van der Waals surface area contributed by atoms with Gasteiger partial charge in [-0.3, -0.25) is 5.32 Å². The Morgan fingerprint density at radius 3 is 2.25 bits per heavy atom. The van der Waals surface area contributed by atoms with E-state index in [1.54, 1.807) is 6.07 Å². The Balaban J connectivity index is 1.96. The molecule has 2 amide bonds. The van der Waals surface area contributed by atoms with Crippen LogP contribution in [-0.2, 0) is 5.41 Å². The highest BCUT2D eigenvalue weighted by Gasteiger charge is 2.20. The van der Waals surface area contributed by atoms with Crippen LogP contribution in [0.15, 0.2) is 34.9 Å². The van der Waals surface area contributed by atoms with Crippen molar-refractivity contribution in [1.29, 1.82) is 0 Å². The third-order valence-electron chi connectivity index (χ3n) is 3.74. The van der Waals surface area contributed by atoms with Gasteiger partial charge in [0.05, 0.1) is 0 Å². The Kier molecular flexibility index (Phi) is 5.49. The lowest BCUT2D eigenvalue weighted by molar-refractivity contribution is 0.262. The molecule has 0 atom stereocenters. The van der Waals surface area contributed by atoms with Crippen LogP contribution in [0.3, 0.4) is 0 Å². The predicted octanol–water partition coefficient (Wildman–Crippen LogP) is 4.46. The lowest BCUT2D eigenvalue weighted by atomic mass is 9.93. The van der Waals surface area contributed by atoms with Crippen LogP contribution >= 0.6 is 0 Å². The van der Waals surface area contributed by atoms with Gasteiger partial charge in [-0.1, -0.05) is 25.9 Å². The van der Waals surface area contributed by atoms with Crippen molar-refractivity contribution in [2.45, 2.75) is 40.0 Å². The molecule has 0 saturated heterocycles. The minimum Gasteiger partial charge on any atom is -0.372 e. The van der Waals surface area contributed by atoms with Gasteiger partial charge in [-0.25, -0.2) is 4.79 Å². The SMILES string of the molecule is CCN(CC)c1ccc(NC(=O)Nc2cc(C(C)(C)C)on2)cc1. The fraction of sp³-hybridized carbons (Fsp3) is 0.444. The van der Waals surface area contributed by atoms with Crippen molar-refractivity contribution in [1.82, 2.24) is 5.16 Å². The summed E-state index contributed by atoms with van der Waals surface area (Å²) in [6.07, 6.45) is 0. The average molecular weight is 330 g/mol. The highest BCUT2D eigenvalue weighted by atomic mass is 16.5. The van der Waals surface area contributed by atoms with E-state index in [0.717, 1.165) is 30.2 Å². The van der Waals surface area contributed by atoms with Crippen LogP contribution in [0.1, 0.15) is 40.4 Å². The number of nitrogens with zero attached hydrogens (tertiary/aromatic N) is 2. The van der Waals surface area contributed by atoms with Gasteiger partial charge in [-0.05, 0) is 38.1 Å². The van der Waals surface area contributed by atoms with E-state index < -0.39 is 0 Å². The number of anilines is 3. The van der Waals surface area contributed by atoms with E-state index in [1.165, 1.54) is 0 Å². The molecule has 2 rings (SSSR count). The smallest absolute Gasteiger partial charge is 0.324 e. The Labute approximate surface area is 143 Å². The van der Waals surface area contributed by atoms with Crippen LogP contribution in [0.4, 0.5) is 22.0 Å². The second-order valence-electron chi connectivity index (χ2n) is 6.62. The van der Waals surface area contributed by atoms with Crippen molar-refractivity contribution in [2.75, 3.05) is 28.6 Å². The summed E-state index contributed by atoms with van der Waals surface area (Å²) < 4.78 is 5.25. The monoisotopic (exact) mass is 330 g/mol. The first-order valence-electron chi connectivity index (χ1n) is 8.23. The Morgan fingerprint density at radius 2 is 1.75 bits per heavy atom. The molecule has 0 fully saturated rings. The second-order valence-corrected chi connectivity index (χ2v) is 6.62. The molecule has 0 aliphatic carbocycles. The van der Waals surface area contributed by atoms with Crippen LogP contribution < -0.4 is 15.5 Å². The molecule has 130 valence electrons. The zero-order valence-electron chi connectivity index (χ0n) is 15.0. The number of rotatable bonds is 5. The Hall–Kier alpha value is -2.50. The number of amides is 2. The Bertz CT molecular complexity index is 667. The summed E-state index contributed by atoms with van der Waals surface area (Å²) >= 11 is 0. The van der Waals surface area contributed by atoms with E-state index in [0.29, 0.717) is 5.82 Å². The maximum atomic E-state index is 12.1. The summed E-state index contributed by atoms with van der Waals surface area (Å²) in [5.74, 6) is 1.12. The first kappa shape index (κ1) is 17.8. The minimum atomic E-state index is -0.348. The molecule has 0 aliphatic heterocycles. The summed E-state index contributed by atoms with van der Waals surface area (Å²) in [5.41, 5.74) is 1.71. The summed E-state index contributed by atoms with van der Waals surface area (Å²) in [6.45, 7) is 12.2. The van der Waals surface area contributed by atoms with Crippen LogP contribution in [0, 0.1) is 0 Å². The van der Waals surface area contributed by atoms with Gasteiger partial charge in [-0.2, -0.15) is 0 Å². The molecule has 6 nitrogen and oxygen atoms in total. The number of nitrogens with one attached hydrogen (secondary N) is 2. The molecule has 1 aromatic carbocycles. The fourth-order valence-corrected chi connectivity index (χ4v) is 2.31. The quantitative estimate of drug-likeness (QED) is 0.849. The highest BCUT2D eigenvalue weighted by Crippen LogP contribution is 2.24. The number of carbonyl (C=O) groups is 1. The molecular weight excluding hydrogens is 304 g/mol. The number of aromatic nitrogens is 1.